The van der Waals surface area contributed by atoms with E-state index >= 15 is 0 Å². The van der Waals surface area contributed by atoms with Crippen LogP contribution in [0.2, 0.25) is 5.15 Å². The van der Waals surface area contributed by atoms with E-state index in [0.717, 1.165) is 16.9 Å². The van der Waals surface area contributed by atoms with Gasteiger partial charge in [0, 0.05) is 35.4 Å². The van der Waals surface area contributed by atoms with Gasteiger partial charge >= 0.3 is 0 Å². The molecule has 0 aliphatic carbocycles. The zero-order valence-electron chi connectivity index (χ0n) is 14.0. The number of hydrogen-bond donors (Lipinski definition) is 1. The summed E-state index contributed by atoms with van der Waals surface area (Å²) in [7, 11) is 0. The highest BCUT2D eigenvalue weighted by Crippen LogP contribution is 2.23. The fourth-order valence-electron chi connectivity index (χ4n) is 2.75. The van der Waals surface area contributed by atoms with Crippen molar-refractivity contribution in [3.8, 4) is 11.3 Å². The number of pyridine rings is 2. The first-order chi connectivity index (χ1) is 12.6. The molecule has 1 N–H and O–H groups in total. The molecule has 4 rings (SSSR count). The average molecular weight is 363 g/mol. The van der Waals surface area contributed by atoms with Gasteiger partial charge in [0.15, 0.2) is 0 Å². The van der Waals surface area contributed by atoms with Crippen molar-refractivity contribution in [2.75, 3.05) is 5.32 Å². The van der Waals surface area contributed by atoms with E-state index in [-0.39, 0.29) is 11.1 Å². The summed E-state index contributed by atoms with van der Waals surface area (Å²) in [6.45, 7) is 2.04. The number of fused-ring (bicyclic) bond motifs is 1. The molecule has 0 saturated heterocycles. The standard InChI is InChI=1S/C20H15ClN4O/c1-13-5-6-19-24-17(12-25(19)11-13)14-3-2-4-16(9-14)23-20(26)15-7-8-22-18(21)10-15/h2-12H,1H3,(H,23,26). The molecule has 3 heterocycles. The van der Waals surface area contributed by atoms with E-state index in [4.69, 9.17) is 11.6 Å². The third kappa shape index (κ3) is 3.30. The van der Waals surface area contributed by atoms with Crippen LogP contribution in [-0.2, 0) is 0 Å². The molecule has 0 spiro atoms. The third-order valence-corrected chi connectivity index (χ3v) is 4.21. The molecule has 3 aromatic heterocycles. The summed E-state index contributed by atoms with van der Waals surface area (Å²) in [5.74, 6) is -0.239. The van der Waals surface area contributed by atoms with Crippen molar-refractivity contribution >= 4 is 28.8 Å². The van der Waals surface area contributed by atoms with Gasteiger partial charge in [-0.25, -0.2) is 9.97 Å². The van der Waals surface area contributed by atoms with Gasteiger partial charge in [-0.3, -0.25) is 4.79 Å². The van der Waals surface area contributed by atoms with Crippen LogP contribution < -0.4 is 5.32 Å². The first-order valence-electron chi connectivity index (χ1n) is 8.07. The lowest BCUT2D eigenvalue weighted by atomic mass is 10.1. The summed E-state index contributed by atoms with van der Waals surface area (Å²) >= 11 is 5.85. The fraction of sp³-hybridized carbons (Fsp3) is 0.0500. The van der Waals surface area contributed by atoms with E-state index in [1.807, 2.05) is 60.1 Å². The highest BCUT2D eigenvalue weighted by Gasteiger charge is 2.09. The van der Waals surface area contributed by atoms with Gasteiger partial charge in [-0.15, -0.1) is 0 Å². The summed E-state index contributed by atoms with van der Waals surface area (Å²) in [6.07, 6.45) is 5.52. The molecular formula is C20H15ClN4O. The number of aryl methyl sites for hydroxylation is 1. The van der Waals surface area contributed by atoms with E-state index in [2.05, 4.69) is 15.3 Å². The Hall–Kier alpha value is -3.18. The Balaban J connectivity index is 1.62. The minimum Gasteiger partial charge on any atom is -0.322 e. The molecule has 26 heavy (non-hydrogen) atoms. The number of benzene rings is 1. The molecule has 0 bridgehead atoms. The van der Waals surface area contributed by atoms with Crippen LogP contribution in [0.5, 0.6) is 0 Å². The van der Waals surface area contributed by atoms with Gasteiger partial charge in [0.25, 0.3) is 5.91 Å². The summed E-state index contributed by atoms with van der Waals surface area (Å²) in [5, 5.41) is 3.16. The third-order valence-electron chi connectivity index (χ3n) is 4.00. The van der Waals surface area contributed by atoms with Gasteiger partial charge in [-0.1, -0.05) is 29.8 Å². The maximum atomic E-state index is 12.4. The monoisotopic (exact) mass is 362 g/mol. The molecule has 0 unspecified atom stereocenters. The average Bonchev–Trinajstić information content (AvgIpc) is 3.05. The maximum absolute atomic E-state index is 12.4. The lowest BCUT2D eigenvalue weighted by Crippen LogP contribution is -2.11. The van der Waals surface area contributed by atoms with Crippen molar-refractivity contribution in [1.29, 1.82) is 0 Å². The molecule has 128 valence electrons. The number of anilines is 1. The Bertz CT molecular complexity index is 1120. The molecule has 1 amide bonds. The number of nitrogens with one attached hydrogen (secondary N) is 1. The van der Waals surface area contributed by atoms with Crippen LogP contribution in [-0.4, -0.2) is 20.3 Å². The summed E-state index contributed by atoms with van der Waals surface area (Å²) < 4.78 is 1.99. The predicted octanol–water partition coefficient (Wildman–Crippen LogP) is 4.61. The fourth-order valence-corrected chi connectivity index (χ4v) is 2.92. The summed E-state index contributed by atoms with van der Waals surface area (Å²) in [5.41, 5.74) is 4.97. The van der Waals surface area contributed by atoms with Gasteiger partial charge in [0.2, 0.25) is 0 Å². The molecule has 0 aliphatic rings. The topological polar surface area (TPSA) is 59.3 Å². The molecule has 0 aliphatic heterocycles. The number of aromatic nitrogens is 3. The van der Waals surface area contributed by atoms with Gasteiger partial charge in [0.05, 0.1) is 5.69 Å². The molecule has 0 atom stereocenters. The van der Waals surface area contributed by atoms with E-state index < -0.39 is 0 Å². The van der Waals surface area contributed by atoms with Gasteiger partial charge in [0.1, 0.15) is 10.8 Å². The van der Waals surface area contributed by atoms with Crippen LogP contribution >= 0.6 is 11.6 Å². The molecular weight excluding hydrogens is 348 g/mol. The van der Waals surface area contributed by atoms with Crippen molar-refractivity contribution in [3.63, 3.8) is 0 Å². The Morgan fingerprint density at radius 3 is 2.85 bits per heavy atom. The highest BCUT2D eigenvalue weighted by atomic mass is 35.5. The zero-order valence-corrected chi connectivity index (χ0v) is 14.7. The maximum Gasteiger partial charge on any atom is 0.255 e. The highest BCUT2D eigenvalue weighted by molar-refractivity contribution is 6.29. The smallest absolute Gasteiger partial charge is 0.255 e. The lowest BCUT2D eigenvalue weighted by molar-refractivity contribution is 0.102. The zero-order chi connectivity index (χ0) is 18.1. The van der Waals surface area contributed by atoms with E-state index in [1.165, 1.54) is 17.8 Å². The Labute approximate surface area is 155 Å². The van der Waals surface area contributed by atoms with Gasteiger partial charge in [-0.2, -0.15) is 0 Å². The molecule has 4 aromatic rings. The minimum absolute atomic E-state index is 0.239. The molecule has 0 saturated carbocycles. The van der Waals surface area contributed by atoms with Crippen molar-refractivity contribution in [3.05, 3.63) is 83.4 Å². The minimum atomic E-state index is -0.239. The summed E-state index contributed by atoms with van der Waals surface area (Å²) in [4.78, 5) is 20.9. The van der Waals surface area contributed by atoms with Crippen LogP contribution in [0.1, 0.15) is 15.9 Å². The Kier molecular flexibility index (Phi) is 4.14. The van der Waals surface area contributed by atoms with Gasteiger partial charge in [-0.05, 0) is 42.8 Å². The SMILES string of the molecule is Cc1ccc2nc(-c3cccc(NC(=O)c4ccnc(Cl)c4)c3)cn2c1. The number of nitrogens with zero attached hydrogens (tertiary/aromatic N) is 3. The first-order valence-corrected chi connectivity index (χ1v) is 8.45. The number of hydrogen-bond acceptors (Lipinski definition) is 3. The number of carbonyl (C=O) groups is 1. The van der Waals surface area contributed by atoms with Crippen LogP contribution in [0.15, 0.2) is 67.1 Å². The molecule has 6 heteroatoms. The second-order valence-electron chi connectivity index (χ2n) is 6.00. The normalized spacial score (nSPS) is 10.8. The number of carbonyl (C=O) groups excluding carboxylic acids is 1. The lowest BCUT2D eigenvalue weighted by Gasteiger charge is -2.06. The number of imidazole rings is 1. The van der Waals surface area contributed by atoms with Crippen LogP contribution in [0.3, 0.4) is 0 Å². The first kappa shape index (κ1) is 16.3. The predicted molar refractivity (Wildman–Crippen MR) is 103 cm³/mol. The molecule has 1 aromatic carbocycles. The van der Waals surface area contributed by atoms with Gasteiger partial charge < -0.3 is 9.72 Å². The van der Waals surface area contributed by atoms with Crippen molar-refractivity contribution in [1.82, 2.24) is 14.4 Å². The number of amides is 1. The van der Waals surface area contributed by atoms with E-state index in [0.29, 0.717) is 11.3 Å². The Morgan fingerprint density at radius 2 is 2.00 bits per heavy atom. The summed E-state index contributed by atoms with van der Waals surface area (Å²) in [6, 6.07) is 14.8. The van der Waals surface area contributed by atoms with E-state index in [1.54, 1.807) is 6.07 Å². The van der Waals surface area contributed by atoms with Crippen LogP contribution in [0.25, 0.3) is 16.9 Å². The van der Waals surface area contributed by atoms with E-state index in [9.17, 15) is 4.79 Å². The Morgan fingerprint density at radius 1 is 1.12 bits per heavy atom. The largest absolute Gasteiger partial charge is 0.322 e. The van der Waals surface area contributed by atoms with Crippen molar-refractivity contribution < 1.29 is 4.79 Å². The van der Waals surface area contributed by atoms with Crippen molar-refractivity contribution in [2.45, 2.75) is 6.92 Å². The number of rotatable bonds is 3. The van der Waals surface area contributed by atoms with Crippen LogP contribution in [0.4, 0.5) is 5.69 Å². The molecule has 5 nitrogen and oxygen atoms in total. The molecule has 0 radical (unpaired) electrons. The quantitative estimate of drug-likeness (QED) is 0.541. The van der Waals surface area contributed by atoms with Crippen LogP contribution in [0, 0.1) is 6.92 Å². The van der Waals surface area contributed by atoms with Crippen molar-refractivity contribution in [2.24, 2.45) is 0 Å². The second kappa shape index (κ2) is 6.61. The molecule has 0 fully saturated rings. The number of halogens is 1. The second-order valence-corrected chi connectivity index (χ2v) is 6.39.